The normalized spacial score (nSPS) is 12.1. The Balaban J connectivity index is 1.90. The number of carbonyl (C=O) groups is 1. The van der Waals surface area contributed by atoms with Crippen molar-refractivity contribution in [1.29, 1.82) is 0 Å². The van der Waals surface area contributed by atoms with Crippen LogP contribution >= 0.6 is 0 Å². The fourth-order valence-electron chi connectivity index (χ4n) is 2.55. The number of nitrogens with one attached hydrogen (secondary N) is 2. The zero-order valence-electron chi connectivity index (χ0n) is 12.6. The van der Waals surface area contributed by atoms with E-state index in [9.17, 15) is 9.90 Å². The summed E-state index contributed by atoms with van der Waals surface area (Å²) in [6, 6.07) is 6.92. The van der Waals surface area contributed by atoms with Crippen LogP contribution in [0.1, 0.15) is 41.9 Å². The molecule has 2 aromatic rings. The number of hydrogen-bond donors (Lipinski definition) is 3. The second-order valence-corrected chi connectivity index (χ2v) is 5.31. The highest BCUT2D eigenvalue weighted by atomic mass is 16.3. The molecule has 0 aliphatic rings. The van der Waals surface area contributed by atoms with Crippen LogP contribution in [0.25, 0.3) is 0 Å². The van der Waals surface area contributed by atoms with E-state index in [4.69, 9.17) is 0 Å². The van der Waals surface area contributed by atoms with Gasteiger partial charge in [0.25, 0.3) is 0 Å². The van der Waals surface area contributed by atoms with Gasteiger partial charge in [0.05, 0.1) is 11.7 Å². The van der Waals surface area contributed by atoms with Crippen molar-refractivity contribution in [3.63, 3.8) is 0 Å². The van der Waals surface area contributed by atoms with Crippen molar-refractivity contribution in [2.45, 2.75) is 39.7 Å². The number of aromatic amines is 1. The fourth-order valence-corrected chi connectivity index (χ4v) is 2.55. The van der Waals surface area contributed by atoms with Gasteiger partial charge in [0.1, 0.15) is 5.75 Å². The summed E-state index contributed by atoms with van der Waals surface area (Å²) < 4.78 is 0. The average molecular weight is 287 g/mol. The minimum absolute atomic E-state index is 0.00848. The molecule has 0 radical (unpaired) electrons. The number of nitrogens with zero attached hydrogens (tertiary/aromatic N) is 1. The highest BCUT2D eigenvalue weighted by Gasteiger charge is 2.16. The summed E-state index contributed by atoms with van der Waals surface area (Å²) >= 11 is 0. The Hall–Kier alpha value is -2.30. The quantitative estimate of drug-likeness (QED) is 0.790. The summed E-state index contributed by atoms with van der Waals surface area (Å²) in [5, 5.41) is 19.5. The number of benzene rings is 1. The minimum atomic E-state index is -0.0690. The van der Waals surface area contributed by atoms with Crippen LogP contribution in [0.15, 0.2) is 24.3 Å². The molecule has 1 heterocycles. The second-order valence-electron chi connectivity index (χ2n) is 5.31. The van der Waals surface area contributed by atoms with E-state index in [-0.39, 0.29) is 17.7 Å². The van der Waals surface area contributed by atoms with Gasteiger partial charge in [-0.3, -0.25) is 9.89 Å². The van der Waals surface area contributed by atoms with E-state index in [1.807, 2.05) is 26.8 Å². The Bertz CT molecular complexity index is 615. The fraction of sp³-hybridized carbons (Fsp3) is 0.375. The maximum atomic E-state index is 12.0. The van der Waals surface area contributed by atoms with Crippen LogP contribution in [-0.4, -0.2) is 21.2 Å². The van der Waals surface area contributed by atoms with Gasteiger partial charge in [0.2, 0.25) is 5.91 Å². The van der Waals surface area contributed by atoms with Crippen LogP contribution in [0.2, 0.25) is 0 Å². The summed E-state index contributed by atoms with van der Waals surface area (Å²) in [7, 11) is 0. The number of phenols is 1. The number of hydrogen-bond acceptors (Lipinski definition) is 3. The van der Waals surface area contributed by atoms with Crippen molar-refractivity contribution in [3.8, 4) is 5.75 Å². The van der Waals surface area contributed by atoms with Crippen molar-refractivity contribution < 1.29 is 9.90 Å². The Kier molecular flexibility index (Phi) is 4.62. The van der Waals surface area contributed by atoms with Crippen LogP contribution in [0, 0.1) is 13.8 Å². The van der Waals surface area contributed by atoms with Crippen molar-refractivity contribution in [1.82, 2.24) is 15.5 Å². The lowest BCUT2D eigenvalue weighted by atomic mass is 10.1. The first-order valence-electron chi connectivity index (χ1n) is 7.06. The highest BCUT2D eigenvalue weighted by molar-refractivity contribution is 5.76. The highest BCUT2D eigenvalue weighted by Crippen LogP contribution is 2.19. The number of aromatic hydroxyl groups is 1. The van der Waals surface area contributed by atoms with Crippen molar-refractivity contribution in [2.75, 3.05) is 0 Å². The molecule has 0 bridgehead atoms. The van der Waals surface area contributed by atoms with Gasteiger partial charge in [-0.05, 0) is 44.9 Å². The van der Waals surface area contributed by atoms with Gasteiger partial charge in [-0.25, -0.2) is 0 Å². The summed E-state index contributed by atoms with van der Waals surface area (Å²) in [6.07, 6.45) is 1.00. The van der Waals surface area contributed by atoms with Crippen LogP contribution in [0.5, 0.6) is 5.75 Å². The lowest BCUT2D eigenvalue weighted by molar-refractivity contribution is -0.121. The molecule has 1 aromatic heterocycles. The third-order valence-corrected chi connectivity index (χ3v) is 3.55. The lowest BCUT2D eigenvalue weighted by Gasteiger charge is -2.14. The van der Waals surface area contributed by atoms with Gasteiger partial charge in [0, 0.05) is 17.7 Å². The van der Waals surface area contributed by atoms with Crippen LogP contribution in [0.3, 0.4) is 0 Å². The molecule has 1 aromatic carbocycles. The van der Waals surface area contributed by atoms with Gasteiger partial charge in [-0.2, -0.15) is 5.10 Å². The standard InChI is InChI=1S/C16H21N3O2/c1-10(16-11(2)18-19-12(16)3)17-15(21)8-7-13-5-4-6-14(20)9-13/h4-6,9-10,20H,7-8H2,1-3H3,(H,17,21)(H,18,19)/t10-/m1/s1. The van der Waals surface area contributed by atoms with E-state index in [2.05, 4.69) is 15.5 Å². The number of rotatable bonds is 5. The Labute approximate surface area is 124 Å². The Morgan fingerprint density at radius 1 is 1.43 bits per heavy atom. The van der Waals surface area contributed by atoms with Gasteiger partial charge >= 0.3 is 0 Å². The molecule has 112 valence electrons. The number of aromatic nitrogens is 2. The van der Waals surface area contributed by atoms with E-state index in [1.54, 1.807) is 18.2 Å². The molecule has 1 amide bonds. The largest absolute Gasteiger partial charge is 0.508 e. The molecule has 0 fully saturated rings. The third-order valence-electron chi connectivity index (χ3n) is 3.55. The van der Waals surface area contributed by atoms with Crippen LogP contribution < -0.4 is 5.32 Å². The van der Waals surface area contributed by atoms with Gasteiger partial charge in [0.15, 0.2) is 0 Å². The number of carbonyl (C=O) groups excluding carboxylic acids is 1. The van der Waals surface area contributed by atoms with E-state index >= 15 is 0 Å². The van der Waals surface area contributed by atoms with Crippen molar-refractivity contribution >= 4 is 5.91 Å². The number of aryl methyl sites for hydroxylation is 3. The minimum Gasteiger partial charge on any atom is -0.508 e. The lowest BCUT2D eigenvalue weighted by Crippen LogP contribution is -2.27. The molecule has 0 aliphatic heterocycles. The first kappa shape index (κ1) is 15.1. The Morgan fingerprint density at radius 3 is 2.81 bits per heavy atom. The summed E-state index contributed by atoms with van der Waals surface area (Å²) in [5.41, 5.74) is 3.88. The predicted molar refractivity (Wildman–Crippen MR) is 81.0 cm³/mol. The molecule has 1 atom stereocenters. The molecule has 0 spiro atoms. The zero-order chi connectivity index (χ0) is 15.4. The molecule has 3 N–H and O–H groups in total. The van der Waals surface area contributed by atoms with Gasteiger partial charge < -0.3 is 10.4 Å². The second kappa shape index (κ2) is 6.43. The van der Waals surface area contributed by atoms with E-state index in [1.165, 1.54) is 0 Å². The molecule has 0 aliphatic carbocycles. The first-order valence-corrected chi connectivity index (χ1v) is 7.06. The molecule has 2 rings (SSSR count). The maximum Gasteiger partial charge on any atom is 0.220 e. The predicted octanol–water partition coefficient (Wildman–Crippen LogP) is 2.54. The summed E-state index contributed by atoms with van der Waals surface area (Å²) in [4.78, 5) is 12.0. The van der Waals surface area contributed by atoms with Crippen molar-refractivity contribution in [2.24, 2.45) is 0 Å². The van der Waals surface area contributed by atoms with Crippen LogP contribution in [0.4, 0.5) is 0 Å². The molecular formula is C16H21N3O2. The first-order chi connectivity index (χ1) is 9.97. The SMILES string of the molecule is Cc1n[nH]c(C)c1[C@@H](C)NC(=O)CCc1cccc(O)c1. The van der Waals surface area contributed by atoms with Gasteiger partial charge in [-0.15, -0.1) is 0 Å². The zero-order valence-corrected chi connectivity index (χ0v) is 12.6. The average Bonchev–Trinajstić information content (AvgIpc) is 2.76. The maximum absolute atomic E-state index is 12.0. The smallest absolute Gasteiger partial charge is 0.220 e. The molecule has 0 unspecified atom stereocenters. The number of H-pyrrole nitrogens is 1. The molecule has 5 nitrogen and oxygen atoms in total. The molecule has 5 heteroatoms. The van der Waals surface area contributed by atoms with E-state index < -0.39 is 0 Å². The van der Waals surface area contributed by atoms with Crippen molar-refractivity contribution in [3.05, 3.63) is 46.8 Å². The van der Waals surface area contributed by atoms with Gasteiger partial charge in [-0.1, -0.05) is 12.1 Å². The molecular weight excluding hydrogens is 266 g/mol. The van der Waals surface area contributed by atoms with E-state index in [0.29, 0.717) is 12.8 Å². The summed E-state index contributed by atoms with van der Waals surface area (Å²) in [6.45, 7) is 5.83. The van der Waals surface area contributed by atoms with Crippen LogP contribution in [-0.2, 0) is 11.2 Å². The molecule has 21 heavy (non-hydrogen) atoms. The molecule has 0 saturated carbocycles. The molecule has 0 saturated heterocycles. The topological polar surface area (TPSA) is 78.0 Å². The monoisotopic (exact) mass is 287 g/mol. The number of amides is 1. The number of phenolic OH excluding ortho intramolecular Hbond substituents is 1. The summed E-state index contributed by atoms with van der Waals surface area (Å²) in [5.74, 6) is 0.219. The third kappa shape index (κ3) is 3.84. The Morgan fingerprint density at radius 2 is 2.19 bits per heavy atom. The van der Waals surface area contributed by atoms with E-state index in [0.717, 1.165) is 22.5 Å².